The van der Waals surface area contributed by atoms with Crippen molar-refractivity contribution in [2.75, 3.05) is 0 Å². The van der Waals surface area contributed by atoms with Crippen LogP contribution in [0.5, 0.6) is 0 Å². The number of aromatic nitrogens is 4. The highest BCUT2D eigenvalue weighted by Gasteiger charge is 2.23. The molecule has 0 atom stereocenters. The first-order chi connectivity index (χ1) is 26.8. The van der Waals surface area contributed by atoms with Crippen molar-refractivity contribution in [3.8, 4) is 45.3 Å². The number of rotatable bonds is 5. The third-order valence-electron chi connectivity index (χ3n) is 10.7. The zero-order chi connectivity index (χ0) is 35.6. The summed E-state index contributed by atoms with van der Waals surface area (Å²) < 4.78 is 4.92. The van der Waals surface area contributed by atoms with Crippen molar-refractivity contribution in [1.82, 2.24) is 19.1 Å². The molecular formula is C50H32N4. The molecule has 0 amide bonds. The van der Waals surface area contributed by atoms with Crippen LogP contribution in [0, 0.1) is 0 Å². The SMILES string of the molecule is c1ccc(-c2cc(-c3ccccc3)nc(-c3ccc(-n4c5ccccc5c5ccc6c7ccccc7n(-c7ccccc7)c6c54)c4ccccc34)n2)cc1. The van der Waals surface area contributed by atoms with Gasteiger partial charge in [0.2, 0.25) is 0 Å². The van der Waals surface area contributed by atoms with Gasteiger partial charge in [0.05, 0.1) is 39.1 Å². The van der Waals surface area contributed by atoms with E-state index < -0.39 is 0 Å². The van der Waals surface area contributed by atoms with E-state index in [0.29, 0.717) is 5.82 Å². The van der Waals surface area contributed by atoms with Crippen LogP contribution in [0.4, 0.5) is 0 Å². The molecule has 0 saturated heterocycles. The summed E-state index contributed by atoms with van der Waals surface area (Å²) in [7, 11) is 0. The average Bonchev–Trinajstić information content (AvgIpc) is 3.77. The Morgan fingerprint density at radius 2 is 0.796 bits per heavy atom. The van der Waals surface area contributed by atoms with Crippen LogP contribution < -0.4 is 0 Å². The lowest BCUT2D eigenvalue weighted by atomic mass is 10.0. The second-order valence-electron chi connectivity index (χ2n) is 13.8. The van der Waals surface area contributed by atoms with E-state index in [1.54, 1.807) is 0 Å². The minimum atomic E-state index is 0.701. The summed E-state index contributed by atoms with van der Waals surface area (Å²) in [5.41, 5.74) is 11.9. The van der Waals surface area contributed by atoms with E-state index >= 15 is 0 Å². The van der Waals surface area contributed by atoms with E-state index in [-0.39, 0.29) is 0 Å². The van der Waals surface area contributed by atoms with Crippen LogP contribution >= 0.6 is 0 Å². The van der Waals surface area contributed by atoms with Gasteiger partial charge in [-0.2, -0.15) is 0 Å². The molecule has 4 heteroatoms. The van der Waals surface area contributed by atoms with Gasteiger partial charge in [-0.05, 0) is 47.9 Å². The molecule has 11 aromatic rings. The van der Waals surface area contributed by atoms with E-state index in [1.165, 1.54) is 38.1 Å². The fraction of sp³-hybridized carbons (Fsp3) is 0. The summed E-state index contributed by atoms with van der Waals surface area (Å²) in [6.07, 6.45) is 0. The number of hydrogen-bond acceptors (Lipinski definition) is 2. The number of nitrogens with zero attached hydrogens (tertiary/aromatic N) is 4. The predicted molar refractivity (Wildman–Crippen MR) is 225 cm³/mol. The monoisotopic (exact) mass is 688 g/mol. The predicted octanol–water partition coefficient (Wildman–Crippen LogP) is 12.8. The van der Waals surface area contributed by atoms with Crippen LogP contribution in [0.25, 0.3) is 99.7 Å². The van der Waals surface area contributed by atoms with Gasteiger partial charge in [0.15, 0.2) is 5.82 Å². The molecule has 54 heavy (non-hydrogen) atoms. The number of para-hydroxylation sites is 3. The molecule has 0 aliphatic rings. The smallest absolute Gasteiger partial charge is 0.161 e. The van der Waals surface area contributed by atoms with E-state index in [1.807, 2.05) is 12.1 Å². The highest BCUT2D eigenvalue weighted by Crippen LogP contribution is 2.43. The molecule has 3 heterocycles. The number of hydrogen-bond donors (Lipinski definition) is 0. The minimum absolute atomic E-state index is 0.701. The van der Waals surface area contributed by atoms with Crippen molar-refractivity contribution in [2.24, 2.45) is 0 Å². The molecule has 0 aliphatic heterocycles. The van der Waals surface area contributed by atoms with Gasteiger partial charge in [-0.15, -0.1) is 0 Å². The molecular weight excluding hydrogens is 657 g/mol. The second-order valence-corrected chi connectivity index (χ2v) is 13.8. The van der Waals surface area contributed by atoms with Gasteiger partial charge in [0.1, 0.15) is 0 Å². The molecule has 8 aromatic carbocycles. The van der Waals surface area contributed by atoms with Crippen LogP contribution in [-0.2, 0) is 0 Å². The zero-order valence-electron chi connectivity index (χ0n) is 29.3. The molecule has 0 bridgehead atoms. The van der Waals surface area contributed by atoms with Crippen LogP contribution in [0.2, 0.25) is 0 Å². The fourth-order valence-electron chi connectivity index (χ4n) is 8.35. The van der Waals surface area contributed by atoms with Gasteiger partial charge in [-0.1, -0.05) is 152 Å². The molecule has 0 spiro atoms. The molecule has 252 valence electrons. The topological polar surface area (TPSA) is 35.6 Å². The Bertz CT molecular complexity index is 3140. The molecule has 0 N–H and O–H groups in total. The minimum Gasteiger partial charge on any atom is -0.307 e. The van der Waals surface area contributed by atoms with Crippen molar-refractivity contribution in [3.63, 3.8) is 0 Å². The Kier molecular flexibility index (Phi) is 6.82. The van der Waals surface area contributed by atoms with E-state index in [9.17, 15) is 0 Å². The first-order valence-corrected chi connectivity index (χ1v) is 18.3. The third kappa shape index (κ3) is 4.64. The summed E-state index contributed by atoms with van der Waals surface area (Å²) in [6.45, 7) is 0. The Morgan fingerprint density at radius 1 is 0.333 bits per heavy atom. The molecule has 11 rings (SSSR count). The molecule has 0 aliphatic carbocycles. The summed E-state index contributed by atoms with van der Waals surface area (Å²) in [5, 5.41) is 7.14. The quantitative estimate of drug-likeness (QED) is 0.180. The van der Waals surface area contributed by atoms with Crippen molar-refractivity contribution < 1.29 is 0 Å². The maximum atomic E-state index is 5.23. The Labute approximate surface area is 311 Å². The van der Waals surface area contributed by atoms with Gasteiger partial charge in [-0.25, -0.2) is 9.97 Å². The van der Waals surface area contributed by atoms with Crippen molar-refractivity contribution in [3.05, 3.63) is 194 Å². The summed E-state index contributed by atoms with van der Waals surface area (Å²) in [6, 6.07) is 68.9. The summed E-state index contributed by atoms with van der Waals surface area (Å²) >= 11 is 0. The Balaban J connectivity index is 1.23. The zero-order valence-corrected chi connectivity index (χ0v) is 29.3. The van der Waals surface area contributed by atoms with Crippen LogP contribution in [0.1, 0.15) is 0 Å². The fourth-order valence-corrected chi connectivity index (χ4v) is 8.35. The van der Waals surface area contributed by atoms with Gasteiger partial charge in [0, 0.05) is 49.3 Å². The van der Waals surface area contributed by atoms with Crippen LogP contribution in [-0.4, -0.2) is 19.1 Å². The molecule has 0 unspecified atom stereocenters. The van der Waals surface area contributed by atoms with E-state index in [4.69, 9.17) is 9.97 Å². The van der Waals surface area contributed by atoms with Crippen LogP contribution in [0.3, 0.4) is 0 Å². The third-order valence-corrected chi connectivity index (χ3v) is 10.7. The molecule has 0 fully saturated rings. The highest BCUT2D eigenvalue weighted by molar-refractivity contribution is 6.24. The normalized spacial score (nSPS) is 11.7. The second kappa shape index (κ2) is 12.1. The van der Waals surface area contributed by atoms with Crippen LogP contribution in [0.15, 0.2) is 194 Å². The molecule has 0 saturated carbocycles. The van der Waals surface area contributed by atoms with Gasteiger partial charge in [0.25, 0.3) is 0 Å². The first kappa shape index (κ1) is 30.3. The van der Waals surface area contributed by atoms with E-state index in [0.717, 1.165) is 55.7 Å². The van der Waals surface area contributed by atoms with Gasteiger partial charge < -0.3 is 9.13 Å². The molecule has 3 aromatic heterocycles. The highest BCUT2D eigenvalue weighted by atomic mass is 15.0. The molecule has 0 radical (unpaired) electrons. The maximum absolute atomic E-state index is 5.23. The average molecular weight is 689 g/mol. The summed E-state index contributed by atoms with van der Waals surface area (Å²) in [4.78, 5) is 10.5. The molecule has 4 nitrogen and oxygen atoms in total. The number of benzene rings is 8. The van der Waals surface area contributed by atoms with Gasteiger partial charge in [-0.3, -0.25) is 0 Å². The Morgan fingerprint density at radius 3 is 1.39 bits per heavy atom. The first-order valence-electron chi connectivity index (χ1n) is 18.3. The van der Waals surface area contributed by atoms with Gasteiger partial charge >= 0.3 is 0 Å². The van der Waals surface area contributed by atoms with Crippen molar-refractivity contribution in [1.29, 1.82) is 0 Å². The van der Waals surface area contributed by atoms with Crippen molar-refractivity contribution >= 4 is 54.4 Å². The lowest BCUT2D eigenvalue weighted by Crippen LogP contribution is -2.01. The Hall–Kier alpha value is -7.30. The number of fused-ring (bicyclic) bond motifs is 8. The lowest BCUT2D eigenvalue weighted by Gasteiger charge is -2.16. The largest absolute Gasteiger partial charge is 0.307 e. The standard InChI is InChI=1S/C50H32N4/c1-4-16-33(17-5-1)43-32-44(34-18-6-2-7-19-34)52-50(51-43)42-30-31-47(37-23-11-10-22-36(37)42)54-46-27-15-13-25-39(46)41-29-28-40-38-24-12-14-26-45(38)53(48(40)49(41)54)35-20-8-3-9-21-35/h1-32H. The lowest BCUT2D eigenvalue weighted by molar-refractivity contribution is 1.15. The van der Waals surface area contributed by atoms with E-state index in [2.05, 4.69) is 191 Å². The van der Waals surface area contributed by atoms with Crippen molar-refractivity contribution in [2.45, 2.75) is 0 Å². The summed E-state index contributed by atoms with van der Waals surface area (Å²) in [5.74, 6) is 0.701. The maximum Gasteiger partial charge on any atom is 0.161 e.